The zero-order valence-electron chi connectivity index (χ0n) is 9.31. The van der Waals surface area contributed by atoms with Gasteiger partial charge < -0.3 is 14.6 Å². The predicted octanol–water partition coefficient (Wildman–Crippen LogP) is 1.94. The molecular formula is C12H16O3S. The molecule has 1 fully saturated rings. The maximum atomic E-state index is 9.31. The van der Waals surface area contributed by atoms with Crippen molar-refractivity contribution >= 4 is 11.8 Å². The molecule has 2 rings (SSSR count). The van der Waals surface area contributed by atoms with Gasteiger partial charge in [-0.2, -0.15) is 0 Å². The molecule has 0 aromatic heterocycles. The molecule has 0 aliphatic carbocycles. The molecule has 0 saturated carbocycles. The summed E-state index contributed by atoms with van der Waals surface area (Å²) in [6.07, 6.45) is 0. The number of hydrogen-bond donors (Lipinski definition) is 1. The highest BCUT2D eigenvalue weighted by Gasteiger charge is 2.39. The Kier molecular flexibility index (Phi) is 3.74. The van der Waals surface area contributed by atoms with Crippen LogP contribution in [0, 0.1) is 0 Å². The fourth-order valence-electron chi connectivity index (χ4n) is 1.53. The predicted molar refractivity (Wildman–Crippen MR) is 64.1 cm³/mol. The van der Waals surface area contributed by atoms with E-state index in [1.165, 1.54) is 0 Å². The Labute approximate surface area is 99.8 Å². The monoisotopic (exact) mass is 240 g/mol. The van der Waals surface area contributed by atoms with Crippen LogP contribution in [0.2, 0.25) is 0 Å². The van der Waals surface area contributed by atoms with Crippen molar-refractivity contribution in [1.29, 1.82) is 0 Å². The third-order valence-corrected chi connectivity index (χ3v) is 3.79. The van der Waals surface area contributed by atoms with Crippen molar-refractivity contribution < 1.29 is 14.6 Å². The molecule has 1 saturated heterocycles. The first-order valence-corrected chi connectivity index (χ1v) is 6.20. The van der Waals surface area contributed by atoms with Crippen LogP contribution in [0.15, 0.2) is 29.2 Å². The van der Waals surface area contributed by atoms with Crippen LogP contribution >= 0.6 is 11.8 Å². The van der Waals surface area contributed by atoms with E-state index < -0.39 is 0 Å². The number of hydrogen-bond acceptors (Lipinski definition) is 4. The summed E-state index contributed by atoms with van der Waals surface area (Å²) in [4.78, 5) is 1.14. The molecule has 0 spiro atoms. The summed E-state index contributed by atoms with van der Waals surface area (Å²) in [5.74, 6) is 0.884. The van der Waals surface area contributed by atoms with Crippen LogP contribution in [-0.2, 0) is 4.74 Å². The molecule has 88 valence electrons. The quantitative estimate of drug-likeness (QED) is 0.853. The van der Waals surface area contributed by atoms with Gasteiger partial charge in [0.05, 0.1) is 31.2 Å². The first-order valence-electron chi connectivity index (χ1n) is 5.38. The fourth-order valence-corrected chi connectivity index (χ4v) is 2.65. The lowest BCUT2D eigenvalue weighted by atomic mass is 10.1. The van der Waals surface area contributed by atoms with Gasteiger partial charge in [0.1, 0.15) is 5.75 Å². The summed E-state index contributed by atoms with van der Waals surface area (Å²) in [5.41, 5.74) is 0. The molecule has 1 aromatic carbocycles. The van der Waals surface area contributed by atoms with Gasteiger partial charge in [0, 0.05) is 4.90 Å². The lowest BCUT2D eigenvalue weighted by Crippen LogP contribution is -2.49. The molecule has 0 amide bonds. The number of benzene rings is 1. The van der Waals surface area contributed by atoms with E-state index in [0.29, 0.717) is 19.8 Å². The Bertz CT molecular complexity index is 327. The van der Waals surface area contributed by atoms with Gasteiger partial charge in [-0.15, -0.1) is 11.8 Å². The number of rotatable bonds is 5. The lowest BCUT2D eigenvalue weighted by molar-refractivity contribution is -0.0318. The Morgan fingerprint density at radius 1 is 1.38 bits per heavy atom. The Hall–Kier alpha value is -0.710. The fraction of sp³-hybridized carbons (Fsp3) is 0.500. The molecule has 1 aromatic rings. The van der Waals surface area contributed by atoms with Crippen LogP contribution in [0.5, 0.6) is 5.75 Å². The highest BCUT2D eigenvalue weighted by Crippen LogP contribution is 2.38. The van der Waals surface area contributed by atoms with Crippen LogP contribution in [0.3, 0.4) is 0 Å². The minimum Gasteiger partial charge on any atom is -0.494 e. The summed E-state index contributed by atoms with van der Waals surface area (Å²) < 4.78 is 10.4. The van der Waals surface area contributed by atoms with Crippen molar-refractivity contribution in [1.82, 2.24) is 0 Å². The Morgan fingerprint density at radius 2 is 2.06 bits per heavy atom. The van der Waals surface area contributed by atoms with Crippen LogP contribution in [0.4, 0.5) is 0 Å². The second kappa shape index (κ2) is 5.08. The van der Waals surface area contributed by atoms with Crippen LogP contribution in [0.1, 0.15) is 6.92 Å². The van der Waals surface area contributed by atoms with Crippen molar-refractivity contribution in [2.75, 3.05) is 26.4 Å². The van der Waals surface area contributed by atoms with Crippen LogP contribution < -0.4 is 4.74 Å². The average Bonchev–Trinajstić information content (AvgIpc) is 2.26. The summed E-state index contributed by atoms with van der Waals surface area (Å²) >= 11 is 1.67. The van der Waals surface area contributed by atoms with E-state index in [0.717, 1.165) is 10.6 Å². The van der Waals surface area contributed by atoms with Gasteiger partial charge in [0.2, 0.25) is 0 Å². The van der Waals surface area contributed by atoms with Gasteiger partial charge in [-0.1, -0.05) is 0 Å². The number of ether oxygens (including phenoxy) is 2. The normalized spacial score (nSPS) is 17.9. The van der Waals surface area contributed by atoms with E-state index in [9.17, 15) is 5.11 Å². The van der Waals surface area contributed by atoms with Crippen LogP contribution in [0.25, 0.3) is 0 Å². The van der Waals surface area contributed by atoms with Crippen molar-refractivity contribution in [3.05, 3.63) is 24.3 Å². The highest BCUT2D eigenvalue weighted by atomic mass is 32.2. The van der Waals surface area contributed by atoms with E-state index in [-0.39, 0.29) is 11.4 Å². The van der Waals surface area contributed by atoms with E-state index in [1.54, 1.807) is 11.8 Å². The number of thioether (sulfide) groups is 1. The standard InChI is InChI=1S/C12H16O3S/c1-2-15-10-3-5-11(6-4-10)16-12(7-13)8-14-9-12/h3-6,13H,2,7-9H2,1H3. The zero-order chi connectivity index (χ0) is 11.4. The van der Waals surface area contributed by atoms with Crippen molar-refractivity contribution in [3.63, 3.8) is 0 Å². The minimum absolute atomic E-state index is 0.132. The van der Waals surface area contributed by atoms with Gasteiger partial charge in [-0.05, 0) is 31.2 Å². The number of aliphatic hydroxyl groups excluding tert-OH is 1. The summed E-state index contributed by atoms with van der Waals surface area (Å²) in [6.45, 7) is 4.06. The second-order valence-electron chi connectivity index (χ2n) is 3.84. The third-order valence-electron chi connectivity index (χ3n) is 2.49. The smallest absolute Gasteiger partial charge is 0.119 e. The Morgan fingerprint density at radius 3 is 2.50 bits per heavy atom. The molecule has 1 N–H and O–H groups in total. The average molecular weight is 240 g/mol. The van der Waals surface area contributed by atoms with Gasteiger partial charge in [0.15, 0.2) is 0 Å². The molecule has 4 heteroatoms. The molecule has 0 radical (unpaired) electrons. The topological polar surface area (TPSA) is 38.7 Å². The van der Waals surface area contributed by atoms with Crippen molar-refractivity contribution in [2.24, 2.45) is 0 Å². The maximum Gasteiger partial charge on any atom is 0.119 e. The molecule has 0 unspecified atom stereocenters. The van der Waals surface area contributed by atoms with E-state index in [4.69, 9.17) is 9.47 Å². The van der Waals surface area contributed by atoms with Crippen molar-refractivity contribution in [2.45, 2.75) is 16.6 Å². The second-order valence-corrected chi connectivity index (χ2v) is 5.38. The zero-order valence-corrected chi connectivity index (χ0v) is 10.1. The van der Waals surface area contributed by atoms with E-state index in [1.807, 2.05) is 31.2 Å². The molecule has 1 heterocycles. The summed E-state index contributed by atoms with van der Waals surface area (Å²) in [7, 11) is 0. The summed E-state index contributed by atoms with van der Waals surface area (Å²) in [5, 5.41) is 9.31. The van der Waals surface area contributed by atoms with Gasteiger partial charge in [-0.25, -0.2) is 0 Å². The van der Waals surface area contributed by atoms with Gasteiger partial charge >= 0.3 is 0 Å². The van der Waals surface area contributed by atoms with E-state index in [2.05, 4.69) is 0 Å². The van der Waals surface area contributed by atoms with Crippen LogP contribution in [-0.4, -0.2) is 36.3 Å². The molecule has 16 heavy (non-hydrogen) atoms. The first-order chi connectivity index (χ1) is 7.78. The number of aliphatic hydroxyl groups is 1. The molecule has 0 bridgehead atoms. The molecule has 1 aliphatic heterocycles. The highest BCUT2D eigenvalue weighted by molar-refractivity contribution is 8.00. The summed E-state index contributed by atoms with van der Waals surface area (Å²) in [6, 6.07) is 7.95. The first kappa shape index (κ1) is 11.8. The SMILES string of the molecule is CCOc1ccc(SC2(CO)COC2)cc1. The molecule has 3 nitrogen and oxygen atoms in total. The lowest BCUT2D eigenvalue weighted by Gasteiger charge is -2.39. The van der Waals surface area contributed by atoms with Gasteiger partial charge in [-0.3, -0.25) is 0 Å². The van der Waals surface area contributed by atoms with Gasteiger partial charge in [0.25, 0.3) is 0 Å². The minimum atomic E-state index is -0.132. The van der Waals surface area contributed by atoms with E-state index >= 15 is 0 Å². The molecule has 1 aliphatic rings. The molecular weight excluding hydrogens is 224 g/mol. The van der Waals surface area contributed by atoms with Crippen molar-refractivity contribution in [3.8, 4) is 5.75 Å². The third kappa shape index (κ3) is 2.51. The molecule has 0 atom stereocenters. The Balaban J connectivity index is 1.99. The maximum absolute atomic E-state index is 9.31. The largest absolute Gasteiger partial charge is 0.494 e.